The highest BCUT2D eigenvalue weighted by molar-refractivity contribution is 5.53. The Labute approximate surface area is 105 Å². The Kier molecular flexibility index (Phi) is 12.7. The van der Waals surface area contributed by atoms with Crippen LogP contribution in [-0.2, 0) is 9.47 Å². The minimum atomic E-state index is -1.50. The van der Waals surface area contributed by atoms with E-state index in [0.717, 1.165) is 24.7 Å². The van der Waals surface area contributed by atoms with Gasteiger partial charge in [-0.3, -0.25) is 0 Å². The maximum Gasteiger partial charge on any atom is 0.251 e. The van der Waals surface area contributed by atoms with Gasteiger partial charge in [0.25, 0.3) is 6.16 Å². The first-order valence-corrected chi connectivity index (χ1v) is 6.03. The van der Waals surface area contributed by atoms with Crippen molar-refractivity contribution in [1.82, 2.24) is 0 Å². The normalized spacial score (nSPS) is 13.2. The van der Waals surface area contributed by atoms with Crippen LogP contribution >= 0.6 is 0 Å². The van der Waals surface area contributed by atoms with E-state index >= 15 is 0 Å². The zero-order chi connectivity index (χ0) is 13.7. The summed E-state index contributed by atoms with van der Waals surface area (Å²) in [7, 11) is 5.13. The highest BCUT2D eigenvalue weighted by atomic mass is 16.6. The molecule has 0 amide bonds. The number of hydrogen-bond donors (Lipinski definition) is 0. The van der Waals surface area contributed by atoms with E-state index in [1.807, 2.05) is 0 Å². The van der Waals surface area contributed by atoms with E-state index in [-0.39, 0.29) is 0 Å². The average molecular weight is 249 g/mol. The number of carboxylic acid groups (broad SMARTS) is 1. The first-order valence-electron chi connectivity index (χ1n) is 6.03. The lowest BCUT2D eigenvalue weighted by Gasteiger charge is -2.33. The van der Waals surface area contributed by atoms with E-state index in [2.05, 4.69) is 25.6 Å². The number of methoxy groups -OCH3 is 2. The molecule has 5 nitrogen and oxygen atoms in total. The van der Waals surface area contributed by atoms with E-state index in [9.17, 15) is 0 Å². The summed E-state index contributed by atoms with van der Waals surface area (Å²) >= 11 is 0. The highest BCUT2D eigenvalue weighted by Gasteiger charge is 2.17. The highest BCUT2D eigenvalue weighted by Crippen LogP contribution is 2.04. The van der Waals surface area contributed by atoms with E-state index in [1.54, 1.807) is 7.11 Å². The molecule has 5 heteroatoms. The SMILES string of the molecule is CCCC[N+](C)(CC)CCOC.COC(=O)[O-]. The second-order valence-electron chi connectivity index (χ2n) is 4.18. The topological polar surface area (TPSA) is 58.6 Å². The largest absolute Gasteiger partial charge is 0.553 e. The molecule has 0 heterocycles. The molecule has 0 fully saturated rings. The fourth-order valence-electron chi connectivity index (χ4n) is 1.28. The van der Waals surface area contributed by atoms with Crippen molar-refractivity contribution in [1.29, 1.82) is 0 Å². The van der Waals surface area contributed by atoms with Crippen molar-refractivity contribution in [2.24, 2.45) is 0 Å². The predicted molar refractivity (Wildman–Crippen MR) is 65.6 cm³/mol. The minimum Gasteiger partial charge on any atom is -0.553 e. The fourth-order valence-corrected chi connectivity index (χ4v) is 1.28. The third-order valence-electron chi connectivity index (χ3n) is 2.82. The molecule has 1 atom stereocenters. The van der Waals surface area contributed by atoms with Gasteiger partial charge < -0.3 is 23.9 Å². The maximum absolute atomic E-state index is 9.03. The number of nitrogens with zero attached hydrogens (tertiary/aromatic N) is 1. The molecule has 0 saturated carbocycles. The summed E-state index contributed by atoms with van der Waals surface area (Å²) < 4.78 is 9.81. The van der Waals surface area contributed by atoms with Gasteiger partial charge in [0.2, 0.25) is 0 Å². The van der Waals surface area contributed by atoms with Crippen LogP contribution in [0.2, 0.25) is 0 Å². The lowest BCUT2D eigenvalue weighted by molar-refractivity contribution is -0.908. The molecule has 0 aliphatic heterocycles. The number of ether oxygens (including phenoxy) is 2. The standard InChI is InChI=1S/C10H24NO.C2H4O3/c1-5-7-8-11(3,6-2)9-10-12-4;1-5-2(3)4/h5-10H2,1-4H3;1H3,(H,3,4)/q+1;/p-1. The van der Waals surface area contributed by atoms with Crippen LogP contribution in [0.1, 0.15) is 26.7 Å². The number of likely N-dealkylation sites (N-methyl/N-ethyl adjacent to an activating group) is 1. The number of carbonyl (C=O) groups is 1. The quantitative estimate of drug-likeness (QED) is 0.496. The van der Waals surface area contributed by atoms with Crippen LogP contribution in [-0.4, -0.2) is 58.1 Å². The molecule has 0 radical (unpaired) electrons. The summed E-state index contributed by atoms with van der Waals surface area (Å²) in [4.78, 5) is 9.03. The molecule has 0 bridgehead atoms. The van der Waals surface area contributed by atoms with Crippen molar-refractivity contribution in [3.8, 4) is 0 Å². The van der Waals surface area contributed by atoms with Crippen molar-refractivity contribution in [3.63, 3.8) is 0 Å². The summed E-state index contributed by atoms with van der Waals surface area (Å²) in [5.74, 6) is 0. The van der Waals surface area contributed by atoms with Crippen molar-refractivity contribution < 1.29 is 23.9 Å². The molecule has 104 valence electrons. The third-order valence-corrected chi connectivity index (χ3v) is 2.82. The summed E-state index contributed by atoms with van der Waals surface area (Å²) in [6.45, 7) is 9.03. The molecular weight excluding hydrogens is 222 g/mol. The second kappa shape index (κ2) is 11.7. The molecule has 17 heavy (non-hydrogen) atoms. The van der Waals surface area contributed by atoms with E-state index < -0.39 is 6.16 Å². The molecule has 0 aromatic heterocycles. The van der Waals surface area contributed by atoms with Crippen LogP contribution in [0.5, 0.6) is 0 Å². The van der Waals surface area contributed by atoms with Crippen molar-refractivity contribution >= 4 is 6.16 Å². The summed E-state index contributed by atoms with van der Waals surface area (Å²) in [5, 5.41) is 9.03. The van der Waals surface area contributed by atoms with Crippen LogP contribution < -0.4 is 5.11 Å². The van der Waals surface area contributed by atoms with E-state index in [1.165, 1.54) is 25.9 Å². The van der Waals surface area contributed by atoms with Crippen LogP contribution in [0, 0.1) is 0 Å². The average Bonchev–Trinajstić information content (AvgIpc) is 2.34. The van der Waals surface area contributed by atoms with Gasteiger partial charge in [-0.1, -0.05) is 13.3 Å². The molecule has 0 aromatic rings. The van der Waals surface area contributed by atoms with Gasteiger partial charge in [0.15, 0.2) is 0 Å². The molecule has 0 aliphatic carbocycles. The Balaban J connectivity index is 0. The Morgan fingerprint density at radius 2 is 1.76 bits per heavy atom. The van der Waals surface area contributed by atoms with Gasteiger partial charge in [0.05, 0.1) is 26.7 Å². The van der Waals surface area contributed by atoms with Gasteiger partial charge in [-0.05, 0) is 13.3 Å². The Hall–Kier alpha value is -0.810. The van der Waals surface area contributed by atoms with E-state index in [4.69, 9.17) is 14.6 Å². The van der Waals surface area contributed by atoms with Gasteiger partial charge in [-0.2, -0.15) is 0 Å². The number of quaternary nitrogens is 1. The summed E-state index contributed by atoms with van der Waals surface area (Å²) in [6, 6.07) is 0. The molecule has 0 spiro atoms. The van der Waals surface area contributed by atoms with Gasteiger partial charge in [-0.25, -0.2) is 0 Å². The first-order chi connectivity index (χ1) is 7.95. The van der Waals surface area contributed by atoms with Gasteiger partial charge in [0.1, 0.15) is 6.54 Å². The van der Waals surface area contributed by atoms with Gasteiger partial charge >= 0.3 is 0 Å². The molecule has 1 unspecified atom stereocenters. The number of carbonyl (C=O) groups excluding carboxylic acids is 1. The summed E-state index contributed by atoms with van der Waals surface area (Å²) in [5.41, 5.74) is 0. The van der Waals surface area contributed by atoms with Crippen molar-refractivity contribution in [2.75, 3.05) is 47.5 Å². The summed E-state index contributed by atoms with van der Waals surface area (Å²) in [6.07, 6.45) is 1.12. The molecule has 0 aromatic carbocycles. The zero-order valence-corrected chi connectivity index (χ0v) is 11.8. The molecule has 0 saturated heterocycles. The third kappa shape index (κ3) is 13.1. The maximum atomic E-state index is 9.03. The number of rotatable bonds is 7. The van der Waals surface area contributed by atoms with Crippen LogP contribution in [0.3, 0.4) is 0 Å². The van der Waals surface area contributed by atoms with E-state index in [0.29, 0.717) is 0 Å². The minimum absolute atomic E-state index is 0.883. The molecule has 0 aliphatic rings. The molecule has 0 N–H and O–H groups in total. The van der Waals surface area contributed by atoms with Gasteiger partial charge in [-0.15, -0.1) is 0 Å². The second-order valence-corrected chi connectivity index (χ2v) is 4.18. The van der Waals surface area contributed by atoms with Gasteiger partial charge in [0, 0.05) is 14.2 Å². The lowest BCUT2D eigenvalue weighted by Crippen LogP contribution is -2.46. The Morgan fingerprint density at radius 3 is 2.06 bits per heavy atom. The smallest absolute Gasteiger partial charge is 0.251 e. The predicted octanol–water partition coefficient (Wildman–Crippen LogP) is 0.876. The van der Waals surface area contributed by atoms with Crippen LogP contribution in [0.4, 0.5) is 4.79 Å². The number of hydrogen-bond acceptors (Lipinski definition) is 4. The fraction of sp³-hybridized carbons (Fsp3) is 0.917. The zero-order valence-electron chi connectivity index (χ0n) is 11.8. The lowest BCUT2D eigenvalue weighted by atomic mass is 10.2. The monoisotopic (exact) mass is 249 g/mol. The Morgan fingerprint density at radius 1 is 1.24 bits per heavy atom. The molecular formula is C12H27NO4. The first kappa shape index (κ1) is 18.6. The number of unbranched alkanes of at least 4 members (excludes halogenated alkanes) is 1. The Bertz CT molecular complexity index is 177. The van der Waals surface area contributed by atoms with Crippen molar-refractivity contribution in [3.05, 3.63) is 0 Å². The van der Waals surface area contributed by atoms with Crippen LogP contribution in [0.15, 0.2) is 0 Å². The van der Waals surface area contributed by atoms with Crippen LogP contribution in [0.25, 0.3) is 0 Å². The van der Waals surface area contributed by atoms with Crippen molar-refractivity contribution in [2.45, 2.75) is 26.7 Å². The molecule has 0 rings (SSSR count).